The fourth-order valence-electron chi connectivity index (χ4n) is 2.42. The molecule has 0 aromatic heterocycles. The van der Waals surface area contributed by atoms with Crippen molar-refractivity contribution in [3.8, 4) is 5.75 Å². The molecule has 1 aromatic rings. The molecule has 1 amide bonds. The molecule has 0 saturated carbocycles. The third kappa shape index (κ3) is 3.51. The van der Waals surface area contributed by atoms with Crippen LogP contribution in [0.3, 0.4) is 0 Å². The normalized spacial score (nSPS) is 18.4. The molecule has 1 heterocycles. The Balaban J connectivity index is 2.05. The lowest BCUT2D eigenvalue weighted by atomic mass is 9.94. The van der Waals surface area contributed by atoms with E-state index in [1.807, 2.05) is 4.90 Å². The van der Waals surface area contributed by atoms with Gasteiger partial charge in [0.15, 0.2) is 0 Å². The number of alkyl halides is 1. The molecule has 104 valence electrons. The zero-order chi connectivity index (χ0) is 14.0. The van der Waals surface area contributed by atoms with E-state index in [9.17, 15) is 9.90 Å². The Morgan fingerprint density at radius 2 is 2.05 bits per heavy atom. The molecule has 1 unspecified atom stereocenters. The Bertz CT molecular complexity index is 469. The highest BCUT2D eigenvalue weighted by atomic mass is 79.9. The number of rotatable bonds is 2. The molecule has 0 radical (unpaired) electrons. The molecule has 0 bridgehead atoms. The van der Waals surface area contributed by atoms with Gasteiger partial charge >= 0.3 is 0 Å². The van der Waals surface area contributed by atoms with E-state index in [0.29, 0.717) is 16.3 Å². The van der Waals surface area contributed by atoms with Gasteiger partial charge in [0.1, 0.15) is 5.75 Å². The van der Waals surface area contributed by atoms with Crippen LogP contribution in [0.15, 0.2) is 22.7 Å². The summed E-state index contributed by atoms with van der Waals surface area (Å²) in [7, 11) is 0. The summed E-state index contributed by atoms with van der Waals surface area (Å²) in [6.45, 7) is 3.67. The van der Waals surface area contributed by atoms with Crippen molar-refractivity contribution in [3.05, 3.63) is 28.2 Å². The second-order valence-electron chi connectivity index (χ2n) is 4.97. The Hall–Kier alpha value is -0.550. The molecule has 1 atom stereocenters. The van der Waals surface area contributed by atoms with Crippen LogP contribution in [0.5, 0.6) is 5.75 Å². The number of hydrogen-bond donors (Lipinski definition) is 1. The van der Waals surface area contributed by atoms with Gasteiger partial charge in [0.05, 0.1) is 5.56 Å². The van der Waals surface area contributed by atoms with E-state index < -0.39 is 0 Å². The molecular weight excluding hydrogens is 374 g/mol. The largest absolute Gasteiger partial charge is 0.507 e. The van der Waals surface area contributed by atoms with Gasteiger partial charge in [-0.3, -0.25) is 4.79 Å². The van der Waals surface area contributed by atoms with Gasteiger partial charge in [-0.25, -0.2) is 0 Å². The Morgan fingerprint density at radius 3 is 2.58 bits per heavy atom. The smallest absolute Gasteiger partial charge is 0.257 e. The first-order chi connectivity index (χ1) is 8.99. The molecule has 1 aromatic carbocycles. The highest BCUT2D eigenvalue weighted by Crippen LogP contribution is 2.28. The van der Waals surface area contributed by atoms with Crippen molar-refractivity contribution in [3.63, 3.8) is 0 Å². The summed E-state index contributed by atoms with van der Waals surface area (Å²) in [5.41, 5.74) is 0.383. The van der Waals surface area contributed by atoms with Gasteiger partial charge in [0.25, 0.3) is 5.91 Å². The van der Waals surface area contributed by atoms with Gasteiger partial charge in [0, 0.05) is 22.4 Å². The van der Waals surface area contributed by atoms with Crippen molar-refractivity contribution in [2.75, 3.05) is 13.1 Å². The predicted molar refractivity (Wildman–Crippen MR) is 82.8 cm³/mol. The molecule has 5 heteroatoms. The first-order valence-electron chi connectivity index (χ1n) is 6.41. The number of likely N-dealkylation sites (tertiary alicyclic amines) is 1. The molecule has 2 rings (SSSR count). The maximum absolute atomic E-state index is 12.3. The number of aromatic hydroxyl groups is 1. The maximum Gasteiger partial charge on any atom is 0.257 e. The molecule has 1 aliphatic rings. The molecule has 1 fully saturated rings. The van der Waals surface area contributed by atoms with Gasteiger partial charge in [-0.05, 0) is 37.0 Å². The number of carbonyl (C=O) groups is 1. The summed E-state index contributed by atoms with van der Waals surface area (Å²) in [5.74, 6) is 0.587. The Morgan fingerprint density at radius 1 is 1.42 bits per heavy atom. The number of halogens is 2. The van der Waals surface area contributed by atoms with Crippen LogP contribution >= 0.6 is 31.9 Å². The van der Waals surface area contributed by atoms with E-state index in [2.05, 4.69) is 38.8 Å². The van der Waals surface area contributed by atoms with E-state index in [1.54, 1.807) is 18.2 Å². The average molecular weight is 391 g/mol. The summed E-state index contributed by atoms with van der Waals surface area (Å²) < 4.78 is 0.772. The fourth-order valence-corrected chi connectivity index (χ4v) is 3.30. The number of phenols is 1. The topological polar surface area (TPSA) is 40.5 Å². The number of phenolic OH excluding ortho intramolecular Hbond substituents is 1. The number of nitrogens with zero attached hydrogens (tertiary/aromatic N) is 1. The summed E-state index contributed by atoms with van der Waals surface area (Å²) in [6.07, 6.45) is 2.02. The van der Waals surface area contributed by atoms with Gasteiger partial charge < -0.3 is 10.0 Å². The highest BCUT2D eigenvalue weighted by molar-refractivity contribution is 9.10. The third-order valence-electron chi connectivity index (χ3n) is 3.67. The number of hydrogen-bond acceptors (Lipinski definition) is 2. The highest BCUT2D eigenvalue weighted by Gasteiger charge is 2.26. The minimum absolute atomic E-state index is 0.0374. The minimum Gasteiger partial charge on any atom is -0.507 e. The lowest BCUT2D eigenvalue weighted by Crippen LogP contribution is -2.39. The first kappa shape index (κ1) is 14.9. The Kier molecular flexibility index (Phi) is 4.90. The zero-order valence-electron chi connectivity index (χ0n) is 10.8. The maximum atomic E-state index is 12.3. The van der Waals surface area contributed by atoms with Gasteiger partial charge in [-0.15, -0.1) is 0 Å². The van der Waals surface area contributed by atoms with E-state index in [-0.39, 0.29) is 11.7 Å². The molecule has 0 aliphatic carbocycles. The molecular formula is C14H17Br2NO2. The van der Waals surface area contributed by atoms with E-state index in [0.717, 1.165) is 30.4 Å². The van der Waals surface area contributed by atoms with Gasteiger partial charge in [-0.1, -0.05) is 38.8 Å². The van der Waals surface area contributed by atoms with Crippen LogP contribution in [0.25, 0.3) is 0 Å². The number of amides is 1. The van der Waals surface area contributed by atoms with Gasteiger partial charge in [-0.2, -0.15) is 0 Å². The van der Waals surface area contributed by atoms with Crippen molar-refractivity contribution in [1.82, 2.24) is 4.90 Å². The monoisotopic (exact) mass is 389 g/mol. The molecule has 1 N–H and O–H groups in total. The quantitative estimate of drug-likeness (QED) is 0.780. The van der Waals surface area contributed by atoms with Crippen LogP contribution in [-0.4, -0.2) is 33.8 Å². The van der Waals surface area contributed by atoms with Crippen LogP contribution in [-0.2, 0) is 0 Å². The van der Waals surface area contributed by atoms with Crippen molar-refractivity contribution < 1.29 is 9.90 Å². The fraction of sp³-hybridized carbons (Fsp3) is 0.500. The minimum atomic E-state index is -0.0781. The summed E-state index contributed by atoms with van der Waals surface area (Å²) in [6, 6.07) is 5.00. The summed E-state index contributed by atoms with van der Waals surface area (Å²) in [5, 5.41) is 9.85. The molecule has 19 heavy (non-hydrogen) atoms. The second-order valence-corrected chi connectivity index (χ2v) is 7.33. The van der Waals surface area contributed by atoms with Gasteiger partial charge in [0.2, 0.25) is 0 Å². The molecule has 1 saturated heterocycles. The van der Waals surface area contributed by atoms with Crippen LogP contribution < -0.4 is 0 Å². The van der Waals surface area contributed by atoms with E-state index in [4.69, 9.17) is 0 Å². The zero-order valence-corrected chi connectivity index (χ0v) is 13.9. The summed E-state index contributed by atoms with van der Waals surface area (Å²) >= 11 is 6.88. The molecule has 3 nitrogen and oxygen atoms in total. The standard InChI is InChI=1S/C14H17Br2NO2/c1-9(15)10-4-6-17(7-5-10)14(19)12-3-2-11(16)8-13(12)18/h2-3,8-10,18H,4-7H2,1H3. The van der Waals surface area contributed by atoms with Crippen LogP contribution in [0.2, 0.25) is 0 Å². The second kappa shape index (κ2) is 6.27. The van der Waals surface area contributed by atoms with Crippen molar-refractivity contribution in [2.45, 2.75) is 24.6 Å². The first-order valence-corrected chi connectivity index (χ1v) is 8.11. The third-order valence-corrected chi connectivity index (χ3v) is 4.91. The predicted octanol–water partition coefficient (Wildman–Crippen LogP) is 3.79. The van der Waals surface area contributed by atoms with Crippen LogP contribution in [0, 0.1) is 5.92 Å². The number of piperidine rings is 1. The van der Waals surface area contributed by atoms with Crippen LogP contribution in [0.4, 0.5) is 0 Å². The van der Waals surface area contributed by atoms with Crippen LogP contribution in [0.1, 0.15) is 30.1 Å². The van der Waals surface area contributed by atoms with Crippen molar-refractivity contribution >= 4 is 37.8 Å². The van der Waals surface area contributed by atoms with Crippen molar-refractivity contribution in [2.24, 2.45) is 5.92 Å². The Labute approximate surface area is 130 Å². The van der Waals surface area contributed by atoms with Crippen molar-refractivity contribution in [1.29, 1.82) is 0 Å². The number of benzene rings is 1. The van der Waals surface area contributed by atoms with E-state index >= 15 is 0 Å². The molecule has 1 aliphatic heterocycles. The van der Waals surface area contributed by atoms with E-state index in [1.165, 1.54) is 0 Å². The SMILES string of the molecule is CC(Br)C1CCN(C(=O)c2ccc(Br)cc2O)CC1. The number of carbonyl (C=O) groups excluding carboxylic acids is 1. The lowest BCUT2D eigenvalue weighted by molar-refractivity contribution is 0.0688. The summed E-state index contributed by atoms with van der Waals surface area (Å²) in [4.78, 5) is 14.7. The molecule has 0 spiro atoms. The lowest BCUT2D eigenvalue weighted by Gasteiger charge is -2.33. The average Bonchev–Trinajstić information content (AvgIpc) is 2.38.